The Hall–Kier alpha value is -2.92. The molecule has 0 radical (unpaired) electrons. The number of nitrogens with one attached hydrogen (secondary N) is 1. The molecule has 0 aliphatic heterocycles. The molecule has 5 rings (SSSR count). The summed E-state index contributed by atoms with van der Waals surface area (Å²) in [5.41, 5.74) is 11.8. The van der Waals surface area contributed by atoms with Crippen molar-refractivity contribution in [2.24, 2.45) is 5.92 Å². The number of para-hydroxylation sites is 1. The summed E-state index contributed by atoms with van der Waals surface area (Å²) in [6, 6.07) is 17.3. The molecule has 34 heavy (non-hydrogen) atoms. The molecule has 1 aliphatic rings. The molecule has 0 saturated heterocycles. The number of imidazole rings is 1. The van der Waals surface area contributed by atoms with Crippen LogP contribution >= 0.6 is 0 Å². The Balaban J connectivity index is 1.36. The summed E-state index contributed by atoms with van der Waals surface area (Å²) in [5.74, 6) is 2.56. The second-order valence-electron chi connectivity index (χ2n) is 9.86. The summed E-state index contributed by atoms with van der Waals surface area (Å²) in [7, 11) is 0. The summed E-state index contributed by atoms with van der Waals surface area (Å²) >= 11 is 0. The van der Waals surface area contributed by atoms with Crippen molar-refractivity contribution in [1.29, 1.82) is 0 Å². The lowest BCUT2D eigenvalue weighted by Gasteiger charge is -2.12. The van der Waals surface area contributed by atoms with Crippen molar-refractivity contribution in [2.45, 2.75) is 71.4 Å². The predicted octanol–water partition coefficient (Wildman–Crippen LogP) is 6.23. The smallest absolute Gasteiger partial charge is 0.152 e. The van der Waals surface area contributed by atoms with E-state index in [2.05, 4.69) is 58.2 Å². The molecule has 0 atom stereocenters. The maximum absolute atomic E-state index is 6.35. The number of benzene rings is 2. The van der Waals surface area contributed by atoms with Gasteiger partial charge in [0, 0.05) is 24.9 Å². The molecule has 0 unspecified atom stereocenters. The molecule has 4 aromatic rings. The highest BCUT2D eigenvalue weighted by Gasteiger charge is 2.17. The zero-order valence-corrected chi connectivity index (χ0v) is 20.4. The van der Waals surface area contributed by atoms with Crippen LogP contribution in [-0.2, 0) is 19.5 Å². The lowest BCUT2D eigenvalue weighted by atomic mass is 10.0. The van der Waals surface area contributed by atoms with Gasteiger partial charge in [0.1, 0.15) is 11.3 Å². The first-order chi connectivity index (χ1) is 16.7. The number of fused-ring (bicyclic) bond motifs is 3. The number of hydrogen-bond donors (Lipinski definition) is 2. The van der Waals surface area contributed by atoms with Crippen LogP contribution in [-0.4, -0.2) is 21.1 Å². The van der Waals surface area contributed by atoms with Crippen molar-refractivity contribution in [1.82, 2.24) is 19.9 Å². The van der Waals surface area contributed by atoms with E-state index in [9.17, 15) is 0 Å². The minimum atomic E-state index is 0.518. The van der Waals surface area contributed by atoms with E-state index in [1.807, 2.05) is 12.1 Å². The van der Waals surface area contributed by atoms with Gasteiger partial charge in [0.25, 0.3) is 0 Å². The second kappa shape index (κ2) is 10.6. The standard InChI is InChI=1S/C29H37N5/c1-2-3-12-26-33-27-28(24-10-6-7-11-25(24)32-29(27)30)34(26)20-23-15-13-22(14-16-23)19-31-18-17-21-8-4-5-9-21/h6-7,10-11,13-16,21,31H,2-5,8-9,12,17-20H2,1H3,(H2,30,32). The molecule has 5 nitrogen and oxygen atoms in total. The molecule has 1 aliphatic carbocycles. The molecule has 0 bridgehead atoms. The fraction of sp³-hybridized carbons (Fsp3) is 0.448. The van der Waals surface area contributed by atoms with Crippen molar-refractivity contribution < 1.29 is 0 Å². The highest BCUT2D eigenvalue weighted by molar-refractivity contribution is 6.06. The lowest BCUT2D eigenvalue weighted by Crippen LogP contribution is -2.17. The highest BCUT2D eigenvalue weighted by Crippen LogP contribution is 2.30. The largest absolute Gasteiger partial charge is 0.382 e. The molecule has 2 aromatic heterocycles. The number of nitrogens with two attached hydrogens (primary N) is 1. The Bertz CT molecular complexity index is 1240. The van der Waals surface area contributed by atoms with E-state index in [1.54, 1.807) is 0 Å². The number of aryl methyl sites for hydroxylation is 1. The van der Waals surface area contributed by atoms with Gasteiger partial charge >= 0.3 is 0 Å². The topological polar surface area (TPSA) is 68.8 Å². The molecule has 2 aromatic carbocycles. The number of aromatic nitrogens is 3. The maximum atomic E-state index is 6.35. The number of anilines is 1. The third-order valence-electron chi connectivity index (χ3n) is 7.34. The van der Waals surface area contributed by atoms with Crippen molar-refractivity contribution in [3.8, 4) is 0 Å². The van der Waals surface area contributed by atoms with E-state index >= 15 is 0 Å². The van der Waals surface area contributed by atoms with E-state index < -0.39 is 0 Å². The van der Waals surface area contributed by atoms with Crippen molar-refractivity contribution in [2.75, 3.05) is 12.3 Å². The van der Waals surface area contributed by atoms with Gasteiger partial charge in [-0.05, 0) is 42.5 Å². The zero-order chi connectivity index (χ0) is 23.3. The van der Waals surface area contributed by atoms with Gasteiger partial charge in [0.2, 0.25) is 0 Å². The van der Waals surface area contributed by atoms with Gasteiger partial charge < -0.3 is 15.6 Å². The normalized spacial score (nSPS) is 14.5. The van der Waals surface area contributed by atoms with Crippen LogP contribution in [0.25, 0.3) is 21.9 Å². The summed E-state index contributed by atoms with van der Waals surface area (Å²) in [6.07, 6.45) is 10.2. The minimum Gasteiger partial charge on any atom is -0.382 e. The molecule has 178 valence electrons. The molecular formula is C29H37N5. The SMILES string of the molecule is CCCCc1nc2c(N)nc3ccccc3c2n1Cc1ccc(CNCCC2CCCC2)cc1. The number of nitrogens with zero attached hydrogens (tertiary/aromatic N) is 3. The van der Waals surface area contributed by atoms with Crippen LogP contribution in [0, 0.1) is 5.92 Å². The average molecular weight is 456 g/mol. The van der Waals surface area contributed by atoms with Crippen molar-refractivity contribution >= 4 is 27.8 Å². The summed E-state index contributed by atoms with van der Waals surface area (Å²) in [5, 5.41) is 4.76. The summed E-state index contributed by atoms with van der Waals surface area (Å²) in [4.78, 5) is 9.57. The molecule has 3 N–H and O–H groups in total. The number of pyridine rings is 1. The van der Waals surface area contributed by atoms with Gasteiger partial charge in [0.15, 0.2) is 5.82 Å². The third-order valence-corrected chi connectivity index (χ3v) is 7.34. The van der Waals surface area contributed by atoms with E-state index in [-0.39, 0.29) is 0 Å². The first-order valence-corrected chi connectivity index (χ1v) is 13.0. The molecule has 5 heteroatoms. The fourth-order valence-electron chi connectivity index (χ4n) is 5.38. The molecule has 1 saturated carbocycles. The van der Waals surface area contributed by atoms with Gasteiger partial charge in [-0.3, -0.25) is 0 Å². The molecule has 1 fully saturated rings. The molecule has 2 heterocycles. The lowest BCUT2D eigenvalue weighted by molar-refractivity contribution is 0.477. The Kier molecular flexibility index (Phi) is 7.10. The van der Waals surface area contributed by atoms with E-state index in [1.165, 1.54) is 43.2 Å². The second-order valence-corrected chi connectivity index (χ2v) is 9.86. The Labute approximate surface area is 202 Å². The van der Waals surface area contributed by atoms with Crippen LogP contribution in [0.4, 0.5) is 5.82 Å². The number of rotatable bonds is 10. The molecule has 0 amide bonds. The van der Waals surface area contributed by atoms with Gasteiger partial charge in [-0.1, -0.05) is 81.5 Å². The first-order valence-electron chi connectivity index (χ1n) is 13.0. The number of hydrogen-bond acceptors (Lipinski definition) is 4. The van der Waals surface area contributed by atoms with Gasteiger partial charge in [-0.15, -0.1) is 0 Å². The fourth-order valence-corrected chi connectivity index (χ4v) is 5.38. The third kappa shape index (κ3) is 4.95. The zero-order valence-electron chi connectivity index (χ0n) is 20.4. The van der Waals surface area contributed by atoms with E-state index in [0.29, 0.717) is 5.82 Å². The van der Waals surface area contributed by atoms with Crippen LogP contribution in [0.5, 0.6) is 0 Å². The van der Waals surface area contributed by atoms with Crippen LogP contribution in [0.1, 0.15) is 68.8 Å². The Morgan fingerprint density at radius 2 is 1.76 bits per heavy atom. The molecule has 0 spiro atoms. The minimum absolute atomic E-state index is 0.518. The maximum Gasteiger partial charge on any atom is 0.152 e. The van der Waals surface area contributed by atoms with Crippen molar-refractivity contribution in [3.63, 3.8) is 0 Å². The first kappa shape index (κ1) is 22.9. The van der Waals surface area contributed by atoms with Crippen LogP contribution in [0.15, 0.2) is 48.5 Å². The molecular weight excluding hydrogens is 418 g/mol. The monoisotopic (exact) mass is 455 g/mol. The predicted molar refractivity (Wildman–Crippen MR) is 142 cm³/mol. The Morgan fingerprint density at radius 3 is 2.56 bits per heavy atom. The van der Waals surface area contributed by atoms with Gasteiger partial charge in [-0.25, -0.2) is 9.97 Å². The summed E-state index contributed by atoms with van der Waals surface area (Å²) < 4.78 is 2.36. The van der Waals surface area contributed by atoms with E-state index in [4.69, 9.17) is 10.7 Å². The Morgan fingerprint density at radius 1 is 1.00 bits per heavy atom. The van der Waals surface area contributed by atoms with Crippen LogP contribution in [0.2, 0.25) is 0 Å². The van der Waals surface area contributed by atoms with Gasteiger partial charge in [-0.2, -0.15) is 0 Å². The van der Waals surface area contributed by atoms with Crippen molar-refractivity contribution in [3.05, 3.63) is 65.5 Å². The quantitative estimate of drug-likeness (QED) is 0.278. The number of unbranched alkanes of at least 4 members (excludes halogenated alkanes) is 1. The van der Waals surface area contributed by atoms with Gasteiger partial charge in [0.05, 0.1) is 11.0 Å². The van der Waals surface area contributed by atoms with Crippen LogP contribution < -0.4 is 11.1 Å². The van der Waals surface area contributed by atoms with Crippen LogP contribution in [0.3, 0.4) is 0 Å². The average Bonchev–Trinajstić information content (AvgIpc) is 3.50. The summed E-state index contributed by atoms with van der Waals surface area (Å²) in [6.45, 7) is 5.07. The number of nitrogen functional groups attached to an aromatic ring is 1. The highest BCUT2D eigenvalue weighted by atomic mass is 15.1. The van der Waals surface area contributed by atoms with E-state index in [0.717, 1.165) is 72.6 Å².